The number of likely N-dealkylation sites (tertiary alicyclic amines) is 1. The Kier molecular flexibility index (Phi) is 4.71. The molecule has 0 saturated carbocycles. The predicted molar refractivity (Wildman–Crippen MR) is 122 cm³/mol. The molecule has 2 heterocycles. The van der Waals surface area contributed by atoms with Gasteiger partial charge in [0.05, 0.1) is 25.0 Å². The Morgan fingerprint density at radius 2 is 1.22 bits per heavy atom. The van der Waals surface area contributed by atoms with Crippen molar-refractivity contribution in [3.63, 3.8) is 0 Å². The van der Waals surface area contributed by atoms with Crippen molar-refractivity contribution in [2.24, 2.45) is 11.8 Å². The number of morpholine rings is 1. The van der Waals surface area contributed by atoms with Crippen molar-refractivity contribution in [1.29, 1.82) is 0 Å². The van der Waals surface area contributed by atoms with E-state index in [0.29, 0.717) is 6.54 Å². The smallest absolute Gasteiger partial charge is 0.235 e. The first-order chi connectivity index (χ1) is 15.5. The van der Waals surface area contributed by atoms with Gasteiger partial charge in [-0.2, -0.15) is 0 Å². The summed E-state index contributed by atoms with van der Waals surface area (Å²) in [6, 6.07) is 15.5. The molecular weight excluding hydrogens is 447 g/mol. The fourth-order valence-corrected chi connectivity index (χ4v) is 7.32. The Morgan fingerprint density at radius 1 is 0.781 bits per heavy atom. The van der Waals surface area contributed by atoms with Gasteiger partial charge in [0.25, 0.3) is 0 Å². The molecular formula is C25H24Cl2N2O3. The van der Waals surface area contributed by atoms with E-state index in [1.165, 1.54) is 4.90 Å². The molecule has 2 aromatic rings. The summed E-state index contributed by atoms with van der Waals surface area (Å²) < 4.78 is 5.40. The van der Waals surface area contributed by atoms with Crippen LogP contribution in [-0.2, 0) is 24.1 Å². The van der Waals surface area contributed by atoms with E-state index in [-0.39, 0.29) is 11.8 Å². The van der Waals surface area contributed by atoms with Gasteiger partial charge in [-0.15, -0.1) is 23.2 Å². The first-order valence-corrected chi connectivity index (χ1v) is 12.0. The number of imide groups is 1. The number of hydrogen-bond acceptors (Lipinski definition) is 4. The lowest BCUT2D eigenvalue weighted by Gasteiger charge is -2.54. The maximum Gasteiger partial charge on any atom is 0.235 e. The van der Waals surface area contributed by atoms with Crippen LogP contribution in [-0.4, -0.2) is 61.0 Å². The van der Waals surface area contributed by atoms with Crippen molar-refractivity contribution in [2.75, 3.05) is 39.4 Å². The van der Waals surface area contributed by atoms with Crippen LogP contribution in [0.3, 0.4) is 0 Å². The summed E-state index contributed by atoms with van der Waals surface area (Å²) in [7, 11) is 0. The number of rotatable bonds is 4. The normalized spacial score (nSPS) is 33.2. The standard InChI is InChI=1S/C25H24Cl2N2O3/c26-24-16-6-1-2-7-17(16)25(27,19-9-4-3-8-18(19)24)21-20(24)22(30)29(23(21)31)11-5-10-28-12-14-32-15-13-28/h1-4,6-9,20-21H,5,10-15H2/t20-,21-,24?,25?/m1/s1. The average Bonchev–Trinajstić information content (AvgIpc) is 3.09. The van der Waals surface area contributed by atoms with Crippen molar-refractivity contribution in [3.05, 3.63) is 70.8 Å². The van der Waals surface area contributed by atoms with Crippen LogP contribution in [0.2, 0.25) is 0 Å². The van der Waals surface area contributed by atoms with Gasteiger partial charge in [0.15, 0.2) is 0 Å². The number of carbonyl (C=O) groups is 2. The minimum Gasteiger partial charge on any atom is -0.379 e. The van der Waals surface area contributed by atoms with Gasteiger partial charge in [0.1, 0.15) is 9.75 Å². The predicted octanol–water partition coefficient (Wildman–Crippen LogP) is 3.30. The van der Waals surface area contributed by atoms with Crippen molar-refractivity contribution in [2.45, 2.75) is 16.2 Å². The molecule has 2 atom stereocenters. The number of hydrogen-bond donors (Lipinski definition) is 0. The highest BCUT2D eigenvalue weighted by Crippen LogP contribution is 2.69. The number of nitrogens with zero attached hydrogens (tertiary/aromatic N) is 2. The maximum atomic E-state index is 13.7. The molecule has 7 rings (SSSR count). The molecule has 2 amide bonds. The van der Waals surface area contributed by atoms with Gasteiger partial charge in [-0.3, -0.25) is 19.4 Å². The molecule has 2 aliphatic heterocycles. The largest absolute Gasteiger partial charge is 0.379 e. The fourth-order valence-electron chi connectivity index (χ4n) is 6.22. The van der Waals surface area contributed by atoms with Gasteiger partial charge in [-0.1, -0.05) is 48.5 Å². The molecule has 0 aromatic heterocycles. The van der Waals surface area contributed by atoms with E-state index in [1.54, 1.807) is 0 Å². The Balaban J connectivity index is 1.39. The second-order valence-corrected chi connectivity index (χ2v) is 10.3. The molecule has 7 heteroatoms. The highest BCUT2D eigenvalue weighted by molar-refractivity contribution is 6.35. The highest BCUT2D eigenvalue weighted by Gasteiger charge is 2.72. The van der Waals surface area contributed by atoms with Crippen LogP contribution >= 0.6 is 23.2 Å². The highest BCUT2D eigenvalue weighted by atomic mass is 35.5. The van der Waals surface area contributed by atoms with Gasteiger partial charge < -0.3 is 4.74 Å². The van der Waals surface area contributed by atoms with Crippen LogP contribution in [0.1, 0.15) is 28.7 Å². The number of ether oxygens (including phenoxy) is 1. The molecule has 0 N–H and O–H groups in total. The third-order valence-corrected chi connectivity index (χ3v) is 8.92. The van der Waals surface area contributed by atoms with E-state index in [0.717, 1.165) is 61.5 Å². The van der Waals surface area contributed by atoms with E-state index in [4.69, 9.17) is 27.9 Å². The van der Waals surface area contributed by atoms with Crippen LogP contribution in [0.25, 0.3) is 0 Å². The zero-order valence-corrected chi connectivity index (χ0v) is 19.1. The molecule has 2 saturated heterocycles. The average molecular weight is 471 g/mol. The number of halogens is 2. The number of amides is 2. The summed E-state index contributed by atoms with van der Waals surface area (Å²) in [5.74, 6) is -1.82. The van der Waals surface area contributed by atoms with E-state index >= 15 is 0 Å². The van der Waals surface area contributed by atoms with Crippen LogP contribution in [0.4, 0.5) is 0 Å². The van der Waals surface area contributed by atoms with Gasteiger partial charge in [0.2, 0.25) is 11.8 Å². The van der Waals surface area contributed by atoms with Gasteiger partial charge in [-0.05, 0) is 28.7 Å². The molecule has 5 nitrogen and oxygen atoms in total. The second kappa shape index (κ2) is 7.29. The topological polar surface area (TPSA) is 49.9 Å². The van der Waals surface area contributed by atoms with Crippen molar-refractivity contribution >= 4 is 35.0 Å². The lowest BCUT2D eigenvalue weighted by molar-refractivity contribution is -0.140. The van der Waals surface area contributed by atoms with Gasteiger partial charge >= 0.3 is 0 Å². The van der Waals surface area contributed by atoms with Crippen molar-refractivity contribution in [3.8, 4) is 0 Å². The molecule has 0 spiro atoms. The zero-order chi connectivity index (χ0) is 22.1. The molecule has 2 fully saturated rings. The van der Waals surface area contributed by atoms with Crippen LogP contribution in [0.5, 0.6) is 0 Å². The first-order valence-electron chi connectivity index (χ1n) is 11.2. The molecule has 32 heavy (non-hydrogen) atoms. The van der Waals surface area contributed by atoms with E-state index < -0.39 is 21.6 Å². The number of alkyl halides is 2. The van der Waals surface area contributed by atoms with Gasteiger partial charge in [-0.25, -0.2) is 0 Å². The van der Waals surface area contributed by atoms with Crippen LogP contribution in [0, 0.1) is 11.8 Å². The van der Waals surface area contributed by atoms with Crippen LogP contribution < -0.4 is 0 Å². The second-order valence-electron chi connectivity index (χ2n) is 9.11. The summed E-state index contributed by atoms with van der Waals surface area (Å²) in [5, 5.41) is 0. The SMILES string of the molecule is O=C1[C@H]2[C@H](C(=O)N1CCCN1CCOCC1)C1(Cl)c3ccccc3C2(Cl)c2ccccc21. The van der Waals surface area contributed by atoms with Crippen molar-refractivity contribution < 1.29 is 14.3 Å². The molecule has 2 bridgehead atoms. The Morgan fingerprint density at radius 3 is 1.66 bits per heavy atom. The quantitative estimate of drug-likeness (QED) is 0.508. The number of carbonyl (C=O) groups excluding carboxylic acids is 2. The lowest BCUT2D eigenvalue weighted by Crippen LogP contribution is -2.57. The molecule has 0 unspecified atom stereocenters. The lowest BCUT2D eigenvalue weighted by atomic mass is 9.54. The van der Waals surface area contributed by atoms with E-state index in [2.05, 4.69) is 4.90 Å². The third kappa shape index (κ3) is 2.54. The summed E-state index contributed by atoms with van der Waals surface area (Å²) >= 11 is 14.8. The summed E-state index contributed by atoms with van der Waals surface area (Å²) in [6.45, 7) is 4.43. The molecule has 3 aliphatic carbocycles. The molecule has 5 aliphatic rings. The van der Waals surface area contributed by atoms with E-state index in [9.17, 15) is 9.59 Å². The summed E-state index contributed by atoms with van der Waals surface area (Å²) in [5.41, 5.74) is 3.36. The maximum absolute atomic E-state index is 13.7. The third-order valence-electron chi connectivity index (χ3n) is 7.64. The van der Waals surface area contributed by atoms with Crippen LogP contribution in [0.15, 0.2) is 48.5 Å². The molecule has 2 aromatic carbocycles. The fraction of sp³-hybridized carbons (Fsp3) is 0.440. The number of benzene rings is 2. The molecule has 166 valence electrons. The van der Waals surface area contributed by atoms with E-state index in [1.807, 2.05) is 48.5 Å². The first kappa shape index (κ1) is 20.7. The monoisotopic (exact) mass is 470 g/mol. The molecule has 0 radical (unpaired) electrons. The Hall–Kier alpha value is -1.92. The summed E-state index contributed by atoms with van der Waals surface area (Å²) in [4.78, 5) is 29.0. The Bertz CT molecular complexity index is 992. The van der Waals surface area contributed by atoms with Crippen molar-refractivity contribution in [1.82, 2.24) is 9.80 Å². The minimum atomic E-state index is -1.10. The minimum absolute atomic E-state index is 0.203. The zero-order valence-electron chi connectivity index (χ0n) is 17.6. The summed E-state index contributed by atoms with van der Waals surface area (Å²) in [6.07, 6.45) is 0.724. The van der Waals surface area contributed by atoms with Gasteiger partial charge in [0, 0.05) is 26.2 Å². The Labute approximate surface area is 197 Å².